The van der Waals surface area contributed by atoms with Crippen molar-refractivity contribution in [3.05, 3.63) is 41.8 Å². The van der Waals surface area contributed by atoms with E-state index in [2.05, 4.69) is 25.9 Å². The minimum Gasteiger partial charge on any atom is -0.476 e. The van der Waals surface area contributed by atoms with E-state index in [0.29, 0.717) is 23.1 Å². The van der Waals surface area contributed by atoms with Gasteiger partial charge in [-0.05, 0) is 26.0 Å². The average Bonchev–Trinajstić information content (AvgIpc) is 3.35. The third-order valence-electron chi connectivity index (χ3n) is 3.68. The van der Waals surface area contributed by atoms with E-state index in [1.54, 1.807) is 23.0 Å². The third-order valence-corrected chi connectivity index (χ3v) is 5.65. The van der Waals surface area contributed by atoms with Gasteiger partial charge < -0.3 is 10.1 Å². The molecule has 1 aromatic carbocycles. The Hall–Kier alpha value is -2.99. The smallest absolute Gasteiger partial charge is 0.264 e. The molecule has 3 rings (SSSR count). The summed E-state index contributed by atoms with van der Waals surface area (Å²) in [7, 11) is 0. The molecule has 0 radical (unpaired) electrons. The molecule has 0 saturated heterocycles. The Bertz CT molecular complexity index is 1040. The summed E-state index contributed by atoms with van der Waals surface area (Å²) in [5.41, 5.74) is 0.415. The van der Waals surface area contributed by atoms with Crippen molar-refractivity contribution in [2.75, 3.05) is 23.0 Å². The van der Waals surface area contributed by atoms with Crippen LogP contribution in [0.1, 0.15) is 24.2 Å². The fourth-order valence-electron chi connectivity index (χ4n) is 2.32. The Morgan fingerprint density at radius 1 is 1.23 bits per heavy atom. The Kier molecular flexibility index (Phi) is 7.36. The number of aryl methyl sites for hydroxylation is 1. The van der Waals surface area contributed by atoms with Crippen LogP contribution >= 0.6 is 23.1 Å². The van der Waals surface area contributed by atoms with Gasteiger partial charge in [0.05, 0.1) is 18.0 Å². The number of carbonyl (C=O) groups excluding carboxylic acids is 2. The number of anilines is 2. The Labute approximate surface area is 180 Å². The number of nitrogens with one attached hydrogen (secondary N) is 2. The number of hydrogen-bond acceptors (Lipinski definition) is 8. The molecule has 3 aromatic rings. The van der Waals surface area contributed by atoms with Crippen molar-refractivity contribution >= 4 is 45.7 Å². The largest absolute Gasteiger partial charge is 0.476 e. The van der Waals surface area contributed by atoms with Crippen molar-refractivity contribution in [3.63, 3.8) is 0 Å². The van der Waals surface area contributed by atoms with Gasteiger partial charge in [0.1, 0.15) is 11.4 Å². The highest BCUT2D eigenvalue weighted by Gasteiger charge is 2.19. The maximum absolute atomic E-state index is 13.6. The molecule has 2 heterocycles. The zero-order valence-corrected chi connectivity index (χ0v) is 17.8. The van der Waals surface area contributed by atoms with Crippen LogP contribution in [0, 0.1) is 5.82 Å². The molecule has 158 valence electrons. The molecule has 0 aliphatic rings. The van der Waals surface area contributed by atoms with Crippen LogP contribution in [0.3, 0.4) is 0 Å². The zero-order valence-electron chi connectivity index (χ0n) is 16.2. The molecule has 0 saturated carbocycles. The fourth-order valence-corrected chi connectivity index (χ4v) is 3.87. The second-order valence-corrected chi connectivity index (χ2v) is 7.98. The lowest BCUT2D eigenvalue weighted by atomic mass is 10.3. The van der Waals surface area contributed by atoms with E-state index in [1.165, 1.54) is 12.1 Å². The van der Waals surface area contributed by atoms with E-state index < -0.39 is 11.7 Å². The first kappa shape index (κ1) is 21.7. The number of rotatable bonds is 9. The maximum atomic E-state index is 13.6. The minimum atomic E-state index is -0.505. The first-order valence-electron chi connectivity index (χ1n) is 9.02. The number of benzene rings is 1. The van der Waals surface area contributed by atoms with Crippen LogP contribution in [0.25, 0.3) is 0 Å². The second kappa shape index (κ2) is 10.2. The van der Waals surface area contributed by atoms with E-state index >= 15 is 0 Å². The monoisotopic (exact) mass is 450 g/mol. The fraction of sp³-hybridized carbons (Fsp3) is 0.278. The van der Waals surface area contributed by atoms with Crippen molar-refractivity contribution in [3.8, 4) is 5.88 Å². The summed E-state index contributed by atoms with van der Waals surface area (Å²) in [6, 6.07) is 5.92. The van der Waals surface area contributed by atoms with Crippen molar-refractivity contribution in [2.45, 2.75) is 24.7 Å². The molecule has 2 aromatic heterocycles. The average molecular weight is 451 g/mol. The third kappa shape index (κ3) is 5.54. The molecule has 30 heavy (non-hydrogen) atoms. The molecular formula is C18H19FN6O3S2. The molecule has 0 aliphatic heterocycles. The first-order chi connectivity index (χ1) is 14.5. The van der Waals surface area contributed by atoms with Crippen LogP contribution in [0.5, 0.6) is 5.88 Å². The molecule has 0 unspecified atom stereocenters. The van der Waals surface area contributed by atoms with Crippen LogP contribution in [0.15, 0.2) is 34.8 Å². The van der Waals surface area contributed by atoms with Gasteiger partial charge in [-0.3, -0.25) is 19.6 Å². The lowest BCUT2D eigenvalue weighted by Gasteiger charge is -2.04. The number of amides is 2. The summed E-state index contributed by atoms with van der Waals surface area (Å²) in [6.07, 6.45) is 1.60. The van der Waals surface area contributed by atoms with Crippen molar-refractivity contribution in [2.24, 2.45) is 0 Å². The Morgan fingerprint density at radius 3 is 2.77 bits per heavy atom. The summed E-state index contributed by atoms with van der Waals surface area (Å²) in [5, 5.41) is 17.5. The summed E-state index contributed by atoms with van der Waals surface area (Å²) in [6.45, 7) is 4.70. The molecule has 2 amide bonds. The highest BCUT2D eigenvalue weighted by molar-refractivity contribution is 8.01. The number of nitrogens with zero attached hydrogens (tertiary/aromatic N) is 4. The van der Waals surface area contributed by atoms with E-state index in [9.17, 15) is 14.0 Å². The first-order valence-corrected chi connectivity index (χ1v) is 10.8. The van der Waals surface area contributed by atoms with Gasteiger partial charge in [-0.1, -0.05) is 35.2 Å². The van der Waals surface area contributed by atoms with Crippen LogP contribution < -0.4 is 15.4 Å². The summed E-state index contributed by atoms with van der Waals surface area (Å²) >= 11 is 2.26. The summed E-state index contributed by atoms with van der Waals surface area (Å²) in [5.74, 6) is -1.02. The molecular weight excluding hydrogens is 431 g/mol. The number of para-hydroxylation sites is 1. The van der Waals surface area contributed by atoms with Gasteiger partial charge in [-0.2, -0.15) is 0 Å². The molecule has 0 fully saturated rings. The van der Waals surface area contributed by atoms with E-state index in [-0.39, 0.29) is 28.4 Å². The SMILES string of the molecule is CCOc1nn(CC)cc1C(=O)Nc1nnc(SCC(=O)Nc2ccccc2F)s1. The predicted molar refractivity (Wildman–Crippen MR) is 113 cm³/mol. The predicted octanol–water partition coefficient (Wildman–Crippen LogP) is 3.28. The minimum absolute atomic E-state index is 0.0225. The highest BCUT2D eigenvalue weighted by atomic mass is 32.2. The molecule has 12 heteroatoms. The van der Waals surface area contributed by atoms with Crippen LogP contribution in [-0.2, 0) is 11.3 Å². The van der Waals surface area contributed by atoms with Gasteiger partial charge >= 0.3 is 0 Å². The Morgan fingerprint density at radius 2 is 2.03 bits per heavy atom. The number of halogens is 1. The number of thioether (sulfide) groups is 1. The molecule has 9 nitrogen and oxygen atoms in total. The van der Waals surface area contributed by atoms with Crippen LogP contribution in [0.2, 0.25) is 0 Å². The molecule has 2 N–H and O–H groups in total. The molecule has 0 bridgehead atoms. The second-order valence-electron chi connectivity index (χ2n) is 5.78. The van der Waals surface area contributed by atoms with Crippen molar-refractivity contribution < 1.29 is 18.7 Å². The zero-order chi connectivity index (χ0) is 21.5. The molecule has 0 aliphatic carbocycles. The summed E-state index contributed by atoms with van der Waals surface area (Å²) < 4.78 is 21.1. The molecule has 0 spiro atoms. The number of aromatic nitrogens is 4. The van der Waals surface area contributed by atoms with Gasteiger partial charge in [0, 0.05) is 12.7 Å². The maximum Gasteiger partial charge on any atom is 0.264 e. The molecule has 0 atom stereocenters. The van der Waals surface area contributed by atoms with E-state index in [1.807, 2.05) is 13.8 Å². The summed E-state index contributed by atoms with van der Waals surface area (Å²) in [4.78, 5) is 24.5. The normalized spacial score (nSPS) is 10.6. The lowest BCUT2D eigenvalue weighted by molar-refractivity contribution is -0.113. The highest BCUT2D eigenvalue weighted by Crippen LogP contribution is 2.27. The Balaban J connectivity index is 1.56. The number of ether oxygens (including phenoxy) is 1. The van der Waals surface area contributed by atoms with Crippen LogP contribution in [0.4, 0.5) is 15.2 Å². The van der Waals surface area contributed by atoms with Gasteiger partial charge in [0.25, 0.3) is 5.91 Å². The van der Waals surface area contributed by atoms with Gasteiger partial charge in [-0.25, -0.2) is 4.39 Å². The van der Waals surface area contributed by atoms with Crippen LogP contribution in [-0.4, -0.2) is 44.2 Å². The van der Waals surface area contributed by atoms with Gasteiger partial charge in [-0.15, -0.1) is 15.3 Å². The number of hydrogen-bond donors (Lipinski definition) is 2. The lowest BCUT2D eigenvalue weighted by Crippen LogP contribution is -2.14. The van der Waals surface area contributed by atoms with Crippen molar-refractivity contribution in [1.82, 2.24) is 20.0 Å². The van der Waals surface area contributed by atoms with E-state index in [0.717, 1.165) is 23.1 Å². The van der Waals surface area contributed by atoms with Crippen molar-refractivity contribution in [1.29, 1.82) is 0 Å². The topological polar surface area (TPSA) is 111 Å². The van der Waals surface area contributed by atoms with Gasteiger partial charge in [0.2, 0.25) is 16.9 Å². The standard InChI is InChI=1S/C18H19FN6O3S2/c1-3-25-9-11(16(24-25)28-4-2)15(27)21-17-22-23-18(30-17)29-10-14(26)20-13-8-6-5-7-12(13)19/h5-9H,3-4,10H2,1-2H3,(H,20,26)(H,21,22,27). The number of carbonyl (C=O) groups is 2. The quantitative estimate of drug-likeness (QED) is 0.380. The van der Waals surface area contributed by atoms with Gasteiger partial charge in [0.15, 0.2) is 4.34 Å². The van der Waals surface area contributed by atoms with E-state index in [4.69, 9.17) is 4.74 Å².